The van der Waals surface area contributed by atoms with Crippen LogP contribution in [0.3, 0.4) is 0 Å². The standard InChI is InChI=1S/C9H8N2O2S/c10-9-11-8(13)7(14-9)5-3-1-2-4-6(5)12/h1-4,7,12H,(H2,10,11,13). The second kappa shape index (κ2) is 3.34. The van der Waals surface area contributed by atoms with Crippen LogP contribution in [-0.2, 0) is 4.79 Å². The molecule has 0 spiro atoms. The monoisotopic (exact) mass is 208 g/mol. The Morgan fingerprint density at radius 1 is 1.43 bits per heavy atom. The first-order valence-corrected chi connectivity index (χ1v) is 4.90. The first kappa shape index (κ1) is 9.08. The lowest BCUT2D eigenvalue weighted by atomic mass is 10.1. The van der Waals surface area contributed by atoms with E-state index in [0.717, 1.165) is 11.8 Å². The van der Waals surface area contributed by atoms with Crippen LogP contribution in [0.1, 0.15) is 10.8 Å². The summed E-state index contributed by atoms with van der Waals surface area (Å²) < 4.78 is 0. The number of rotatable bonds is 1. The molecule has 0 aromatic heterocycles. The van der Waals surface area contributed by atoms with E-state index in [2.05, 4.69) is 5.32 Å². The van der Waals surface area contributed by atoms with Crippen molar-refractivity contribution in [2.75, 3.05) is 0 Å². The Morgan fingerprint density at radius 3 is 2.71 bits per heavy atom. The SMILES string of the molecule is N=C1NC(=O)C(c2ccccc2O)S1. The number of hydrogen-bond donors (Lipinski definition) is 3. The lowest BCUT2D eigenvalue weighted by molar-refractivity contribution is -0.118. The first-order chi connectivity index (χ1) is 6.68. The Morgan fingerprint density at radius 2 is 2.14 bits per heavy atom. The van der Waals surface area contributed by atoms with Crippen LogP contribution in [-0.4, -0.2) is 16.2 Å². The van der Waals surface area contributed by atoms with E-state index in [1.807, 2.05) is 0 Å². The fourth-order valence-electron chi connectivity index (χ4n) is 1.29. The predicted octanol–water partition coefficient (Wildman–Crippen LogP) is 1.23. The van der Waals surface area contributed by atoms with Crippen molar-refractivity contribution < 1.29 is 9.90 Å². The maximum absolute atomic E-state index is 11.4. The molecule has 1 heterocycles. The molecule has 1 fully saturated rings. The molecule has 2 rings (SSSR count). The number of phenolic OH excluding ortho intramolecular Hbond substituents is 1. The fraction of sp³-hybridized carbons (Fsp3) is 0.111. The summed E-state index contributed by atoms with van der Waals surface area (Å²) in [4.78, 5) is 11.4. The molecule has 1 aromatic carbocycles. The predicted molar refractivity (Wildman–Crippen MR) is 54.3 cm³/mol. The molecule has 14 heavy (non-hydrogen) atoms. The summed E-state index contributed by atoms with van der Waals surface area (Å²) in [5, 5.41) is 18.8. The second-order valence-corrected chi connectivity index (χ2v) is 3.99. The number of thioether (sulfide) groups is 1. The number of phenols is 1. The van der Waals surface area contributed by atoms with Crippen LogP contribution in [0.25, 0.3) is 0 Å². The number of nitrogens with one attached hydrogen (secondary N) is 2. The number of carbonyl (C=O) groups is 1. The molecule has 1 amide bonds. The van der Waals surface area contributed by atoms with Crippen molar-refractivity contribution in [2.45, 2.75) is 5.25 Å². The summed E-state index contributed by atoms with van der Waals surface area (Å²) in [5.74, 6) is -0.156. The molecule has 3 N–H and O–H groups in total. The van der Waals surface area contributed by atoms with Crippen LogP contribution in [0.15, 0.2) is 24.3 Å². The van der Waals surface area contributed by atoms with E-state index in [-0.39, 0.29) is 16.8 Å². The van der Waals surface area contributed by atoms with E-state index in [4.69, 9.17) is 5.41 Å². The summed E-state index contributed by atoms with van der Waals surface area (Å²) in [5.41, 5.74) is 0.553. The van der Waals surface area contributed by atoms with Gasteiger partial charge in [-0.1, -0.05) is 30.0 Å². The average Bonchev–Trinajstić information content (AvgIpc) is 2.46. The van der Waals surface area contributed by atoms with E-state index >= 15 is 0 Å². The fourth-order valence-corrected chi connectivity index (χ4v) is 2.18. The van der Waals surface area contributed by atoms with Gasteiger partial charge in [0.15, 0.2) is 5.17 Å². The topological polar surface area (TPSA) is 73.2 Å². The van der Waals surface area contributed by atoms with Crippen molar-refractivity contribution >= 4 is 22.8 Å². The van der Waals surface area contributed by atoms with Crippen LogP contribution in [0.5, 0.6) is 5.75 Å². The van der Waals surface area contributed by atoms with Crippen LogP contribution < -0.4 is 5.32 Å². The minimum Gasteiger partial charge on any atom is -0.508 e. The molecule has 1 aliphatic rings. The summed E-state index contributed by atoms with van der Waals surface area (Å²) in [6, 6.07) is 6.67. The highest BCUT2D eigenvalue weighted by Gasteiger charge is 2.32. The number of para-hydroxylation sites is 1. The van der Waals surface area contributed by atoms with Crippen molar-refractivity contribution in [3.05, 3.63) is 29.8 Å². The molecule has 4 nitrogen and oxygen atoms in total. The van der Waals surface area contributed by atoms with Gasteiger partial charge < -0.3 is 10.4 Å². The first-order valence-electron chi connectivity index (χ1n) is 4.02. The Kier molecular flexibility index (Phi) is 2.17. The lowest BCUT2D eigenvalue weighted by Gasteiger charge is -2.06. The normalized spacial score (nSPS) is 21.0. The van der Waals surface area contributed by atoms with E-state index in [0.29, 0.717) is 5.56 Å². The third-order valence-electron chi connectivity index (χ3n) is 1.93. The minimum absolute atomic E-state index is 0.0925. The van der Waals surface area contributed by atoms with Gasteiger partial charge in [-0.2, -0.15) is 0 Å². The van der Waals surface area contributed by atoms with E-state index in [1.54, 1.807) is 18.2 Å². The number of aromatic hydroxyl groups is 1. The van der Waals surface area contributed by atoms with Gasteiger partial charge in [-0.25, -0.2) is 0 Å². The molecule has 72 valence electrons. The highest BCUT2D eigenvalue weighted by Crippen LogP contribution is 2.37. The van der Waals surface area contributed by atoms with Gasteiger partial charge in [0.05, 0.1) is 0 Å². The van der Waals surface area contributed by atoms with Crippen molar-refractivity contribution in [2.24, 2.45) is 0 Å². The van der Waals surface area contributed by atoms with Gasteiger partial charge in [0.25, 0.3) is 0 Å². The molecule has 0 radical (unpaired) electrons. The Hall–Kier alpha value is -1.49. The van der Waals surface area contributed by atoms with Gasteiger partial charge in [-0.05, 0) is 6.07 Å². The van der Waals surface area contributed by atoms with Crippen molar-refractivity contribution in [1.29, 1.82) is 5.41 Å². The summed E-state index contributed by atoms with van der Waals surface area (Å²) in [6.45, 7) is 0. The van der Waals surface area contributed by atoms with Gasteiger partial charge in [0.1, 0.15) is 11.0 Å². The van der Waals surface area contributed by atoms with Crippen LogP contribution in [0.4, 0.5) is 0 Å². The highest BCUT2D eigenvalue weighted by molar-refractivity contribution is 8.15. The van der Waals surface area contributed by atoms with E-state index < -0.39 is 5.25 Å². The van der Waals surface area contributed by atoms with Gasteiger partial charge in [0.2, 0.25) is 5.91 Å². The summed E-state index contributed by atoms with van der Waals surface area (Å²) in [6.07, 6.45) is 0. The third kappa shape index (κ3) is 1.46. The lowest BCUT2D eigenvalue weighted by Crippen LogP contribution is -2.20. The highest BCUT2D eigenvalue weighted by atomic mass is 32.2. The van der Waals surface area contributed by atoms with E-state index in [1.165, 1.54) is 6.07 Å². The van der Waals surface area contributed by atoms with E-state index in [9.17, 15) is 9.90 Å². The summed E-state index contributed by atoms with van der Waals surface area (Å²) >= 11 is 1.10. The van der Waals surface area contributed by atoms with Crippen LogP contribution in [0.2, 0.25) is 0 Å². The zero-order valence-electron chi connectivity index (χ0n) is 7.15. The molecular weight excluding hydrogens is 200 g/mol. The molecule has 1 atom stereocenters. The Bertz CT molecular complexity index is 406. The molecule has 0 aliphatic carbocycles. The number of carbonyl (C=O) groups excluding carboxylic acids is 1. The van der Waals surface area contributed by atoms with Crippen LogP contribution in [0, 0.1) is 5.41 Å². The average molecular weight is 208 g/mol. The van der Waals surface area contributed by atoms with Crippen LogP contribution >= 0.6 is 11.8 Å². The minimum atomic E-state index is -0.497. The molecule has 0 bridgehead atoms. The largest absolute Gasteiger partial charge is 0.508 e. The van der Waals surface area contributed by atoms with Crippen molar-refractivity contribution in [3.8, 4) is 5.75 Å². The Labute approximate surface area is 84.8 Å². The maximum Gasteiger partial charge on any atom is 0.244 e. The molecule has 1 aliphatic heterocycles. The molecule has 1 saturated heterocycles. The van der Waals surface area contributed by atoms with Gasteiger partial charge >= 0.3 is 0 Å². The maximum atomic E-state index is 11.4. The summed E-state index contributed by atoms with van der Waals surface area (Å²) in [7, 11) is 0. The van der Waals surface area contributed by atoms with Crippen molar-refractivity contribution in [3.63, 3.8) is 0 Å². The number of amidine groups is 1. The molecule has 1 aromatic rings. The van der Waals surface area contributed by atoms with Gasteiger partial charge in [0, 0.05) is 5.56 Å². The second-order valence-electron chi connectivity index (χ2n) is 2.88. The smallest absolute Gasteiger partial charge is 0.244 e. The quantitative estimate of drug-likeness (QED) is 0.650. The molecular formula is C9H8N2O2S. The Balaban J connectivity index is 2.36. The molecule has 5 heteroatoms. The van der Waals surface area contributed by atoms with Gasteiger partial charge in [-0.3, -0.25) is 10.2 Å². The number of amides is 1. The third-order valence-corrected chi connectivity index (χ3v) is 2.97. The molecule has 0 saturated carbocycles. The van der Waals surface area contributed by atoms with Gasteiger partial charge in [-0.15, -0.1) is 0 Å². The number of hydrogen-bond acceptors (Lipinski definition) is 4. The van der Waals surface area contributed by atoms with Crippen molar-refractivity contribution in [1.82, 2.24) is 5.32 Å². The number of benzene rings is 1. The zero-order chi connectivity index (χ0) is 10.1. The zero-order valence-corrected chi connectivity index (χ0v) is 7.97. The molecule has 1 unspecified atom stereocenters.